The molecule has 0 radical (unpaired) electrons. The molecular weight excluding hydrogens is 178 g/mol. The van der Waals surface area contributed by atoms with Gasteiger partial charge in [0, 0.05) is 5.92 Å². The van der Waals surface area contributed by atoms with E-state index >= 15 is 0 Å². The van der Waals surface area contributed by atoms with Crippen molar-refractivity contribution in [2.45, 2.75) is 31.6 Å². The highest BCUT2D eigenvalue weighted by atomic mass is 15.3. The molecule has 5 N–H and O–H groups in total. The molecule has 0 saturated heterocycles. The number of rotatable bonds is 2. The Morgan fingerprint density at radius 1 is 1.29 bits per heavy atom. The van der Waals surface area contributed by atoms with Crippen LogP contribution in [0.5, 0.6) is 0 Å². The van der Waals surface area contributed by atoms with Gasteiger partial charge in [0.25, 0.3) is 0 Å². The second-order valence-corrected chi connectivity index (χ2v) is 4.03. The van der Waals surface area contributed by atoms with Crippen LogP contribution in [0.4, 0.5) is 5.95 Å². The molecule has 1 aliphatic carbocycles. The van der Waals surface area contributed by atoms with Gasteiger partial charge in [-0.05, 0) is 38.1 Å². The lowest BCUT2D eigenvalue weighted by molar-refractivity contribution is 0.326. The molecule has 2 rings (SSSR count). The van der Waals surface area contributed by atoms with E-state index in [9.17, 15) is 0 Å². The zero-order chi connectivity index (χ0) is 9.97. The fourth-order valence-electron chi connectivity index (χ4n) is 2.14. The van der Waals surface area contributed by atoms with E-state index in [1.165, 1.54) is 12.8 Å². The number of hydrogen-bond donors (Lipinski definition) is 3. The Kier molecular flexibility index (Phi) is 2.67. The average molecular weight is 195 g/mol. The molecular formula is C9H17N5. The third-order valence-electron chi connectivity index (χ3n) is 3.09. The van der Waals surface area contributed by atoms with Gasteiger partial charge in [-0.1, -0.05) is 0 Å². The minimum absolute atomic E-state index is 0.348. The lowest BCUT2D eigenvalue weighted by Crippen LogP contribution is -2.21. The van der Waals surface area contributed by atoms with E-state index in [1.54, 1.807) is 0 Å². The smallest absolute Gasteiger partial charge is 0.239 e. The Balaban J connectivity index is 1.95. The standard InChI is InChI=1S/C9H17N5/c10-5-6-1-3-7(4-2-6)8-12-9(11)14-13-8/h6-7H,1-5,10H2,(H3,11,12,13,14). The summed E-state index contributed by atoms with van der Waals surface area (Å²) in [6.45, 7) is 0.811. The number of anilines is 1. The Morgan fingerprint density at radius 2 is 2.00 bits per heavy atom. The Bertz CT molecular complexity index is 287. The summed E-state index contributed by atoms with van der Waals surface area (Å²) in [6.07, 6.45) is 4.69. The molecule has 78 valence electrons. The molecule has 1 aromatic rings. The number of nitrogens with two attached hydrogens (primary N) is 2. The van der Waals surface area contributed by atoms with Gasteiger partial charge in [-0.15, -0.1) is 5.10 Å². The highest BCUT2D eigenvalue weighted by Gasteiger charge is 2.23. The van der Waals surface area contributed by atoms with E-state index in [0.29, 0.717) is 17.8 Å². The largest absolute Gasteiger partial charge is 0.367 e. The second-order valence-electron chi connectivity index (χ2n) is 4.03. The van der Waals surface area contributed by atoms with Gasteiger partial charge in [-0.3, -0.25) is 5.10 Å². The topological polar surface area (TPSA) is 93.6 Å². The first-order valence-electron chi connectivity index (χ1n) is 5.17. The van der Waals surface area contributed by atoms with Gasteiger partial charge in [0.15, 0.2) is 0 Å². The van der Waals surface area contributed by atoms with Crippen molar-refractivity contribution in [3.8, 4) is 0 Å². The third-order valence-corrected chi connectivity index (χ3v) is 3.09. The molecule has 14 heavy (non-hydrogen) atoms. The van der Waals surface area contributed by atoms with Crippen LogP contribution in [-0.2, 0) is 0 Å². The van der Waals surface area contributed by atoms with Crippen molar-refractivity contribution in [3.05, 3.63) is 5.82 Å². The van der Waals surface area contributed by atoms with Crippen LogP contribution in [0.3, 0.4) is 0 Å². The van der Waals surface area contributed by atoms with Crippen LogP contribution >= 0.6 is 0 Å². The normalized spacial score (nSPS) is 27.8. The van der Waals surface area contributed by atoms with Crippen molar-refractivity contribution in [2.75, 3.05) is 12.3 Å². The molecule has 1 saturated carbocycles. The first kappa shape index (κ1) is 9.45. The fraction of sp³-hybridized carbons (Fsp3) is 0.778. The average Bonchev–Trinajstić information content (AvgIpc) is 2.65. The molecule has 0 aromatic carbocycles. The first-order valence-corrected chi connectivity index (χ1v) is 5.17. The van der Waals surface area contributed by atoms with E-state index < -0.39 is 0 Å². The van der Waals surface area contributed by atoms with Gasteiger partial charge in [0.1, 0.15) is 5.82 Å². The van der Waals surface area contributed by atoms with Gasteiger partial charge in [-0.25, -0.2) is 0 Å². The lowest BCUT2D eigenvalue weighted by Gasteiger charge is -2.25. The van der Waals surface area contributed by atoms with E-state index in [1.807, 2.05) is 0 Å². The summed E-state index contributed by atoms with van der Waals surface area (Å²) in [4.78, 5) is 4.17. The second kappa shape index (κ2) is 3.96. The molecule has 1 fully saturated rings. The Morgan fingerprint density at radius 3 is 2.50 bits per heavy atom. The van der Waals surface area contributed by atoms with Crippen LogP contribution in [0.15, 0.2) is 0 Å². The molecule has 0 aliphatic heterocycles. The van der Waals surface area contributed by atoms with Crippen LogP contribution in [0.2, 0.25) is 0 Å². The molecule has 1 heterocycles. The van der Waals surface area contributed by atoms with Crippen LogP contribution in [0.1, 0.15) is 37.4 Å². The molecule has 5 nitrogen and oxygen atoms in total. The molecule has 0 amide bonds. The van der Waals surface area contributed by atoms with Gasteiger partial charge in [0.2, 0.25) is 5.95 Å². The maximum absolute atomic E-state index is 5.64. The third kappa shape index (κ3) is 1.87. The zero-order valence-corrected chi connectivity index (χ0v) is 8.24. The number of nitrogens with zero attached hydrogens (tertiary/aromatic N) is 2. The van der Waals surface area contributed by atoms with Gasteiger partial charge < -0.3 is 11.5 Å². The van der Waals surface area contributed by atoms with Crippen LogP contribution in [-0.4, -0.2) is 21.7 Å². The van der Waals surface area contributed by atoms with Crippen molar-refractivity contribution >= 4 is 5.95 Å². The van der Waals surface area contributed by atoms with Crippen molar-refractivity contribution in [1.29, 1.82) is 0 Å². The molecule has 1 aliphatic rings. The van der Waals surface area contributed by atoms with Gasteiger partial charge >= 0.3 is 0 Å². The van der Waals surface area contributed by atoms with Crippen molar-refractivity contribution in [1.82, 2.24) is 15.2 Å². The van der Waals surface area contributed by atoms with E-state index in [-0.39, 0.29) is 0 Å². The number of nitrogens with one attached hydrogen (secondary N) is 1. The van der Waals surface area contributed by atoms with Crippen molar-refractivity contribution in [2.24, 2.45) is 11.7 Å². The molecule has 1 aromatic heterocycles. The number of nitrogen functional groups attached to an aromatic ring is 1. The lowest BCUT2D eigenvalue weighted by atomic mass is 9.82. The van der Waals surface area contributed by atoms with Crippen LogP contribution < -0.4 is 11.5 Å². The fourth-order valence-corrected chi connectivity index (χ4v) is 2.14. The maximum Gasteiger partial charge on any atom is 0.239 e. The highest BCUT2D eigenvalue weighted by molar-refractivity contribution is 5.14. The first-order chi connectivity index (χ1) is 6.79. The van der Waals surface area contributed by atoms with Gasteiger partial charge in [0.05, 0.1) is 0 Å². The summed E-state index contributed by atoms with van der Waals surface area (Å²) in [5, 5.41) is 6.74. The minimum atomic E-state index is 0.348. The molecule has 0 unspecified atom stereocenters. The molecule has 0 spiro atoms. The number of aromatic amines is 1. The molecule has 5 heteroatoms. The highest BCUT2D eigenvalue weighted by Crippen LogP contribution is 2.33. The predicted octanol–water partition coefficient (Wildman–Crippen LogP) is 0.619. The van der Waals surface area contributed by atoms with Crippen LogP contribution in [0.25, 0.3) is 0 Å². The SMILES string of the molecule is NCC1CCC(c2nc(N)n[nH]2)CC1. The zero-order valence-electron chi connectivity index (χ0n) is 8.24. The predicted molar refractivity (Wildman–Crippen MR) is 54.5 cm³/mol. The minimum Gasteiger partial charge on any atom is -0.367 e. The Hall–Kier alpha value is -1.10. The quantitative estimate of drug-likeness (QED) is 0.644. The van der Waals surface area contributed by atoms with Gasteiger partial charge in [-0.2, -0.15) is 4.98 Å². The number of H-pyrrole nitrogens is 1. The van der Waals surface area contributed by atoms with E-state index in [2.05, 4.69) is 15.2 Å². The van der Waals surface area contributed by atoms with E-state index in [4.69, 9.17) is 11.5 Å². The van der Waals surface area contributed by atoms with Crippen molar-refractivity contribution in [3.63, 3.8) is 0 Å². The van der Waals surface area contributed by atoms with E-state index in [0.717, 1.165) is 25.2 Å². The summed E-state index contributed by atoms with van der Waals surface area (Å²) in [5.41, 5.74) is 11.1. The summed E-state index contributed by atoms with van der Waals surface area (Å²) in [5.74, 6) is 2.49. The summed E-state index contributed by atoms with van der Waals surface area (Å²) in [6, 6.07) is 0. The summed E-state index contributed by atoms with van der Waals surface area (Å²) in [7, 11) is 0. The van der Waals surface area contributed by atoms with Crippen LogP contribution in [0, 0.1) is 5.92 Å². The monoisotopic (exact) mass is 195 g/mol. The Labute approximate surface area is 83.3 Å². The molecule has 0 bridgehead atoms. The maximum atomic E-state index is 5.64. The number of hydrogen-bond acceptors (Lipinski definition) is 4. The van der Waals surface area contributed by atoms with Crippen molar-refractivity contribution < 1.29 is 0 Å². The molecule has 0 atom stereocenters. The number of aromatic nitrogens is 3. The summed E-state index contributed by atoms with van der Waals surface area (Å²) >= 11 is 0. The summed E-state index contributed by atoms with van der Waals surface area (Å²) < 4.78 is 0.